The van der Waals surface area contributed by atoms with Crippen molar-refractivity contribution < 1.29 is 18.8 Å². The van der Waals surface area contributed by atoms with Crippen molar-refractivity contribution in [2.75, 3.05) is 7.11 Å². The van der Waals surface area contributed by atoms with Crippen LogP contribution < -0.4 is 5.46 Å². The summed E-state index contributed by atoms with van der Waals surface area (Å²) in [5.74, 6) is -0.0855. The van der Waals surface area contributed by atoms with E-state index in [0.717, 1.165) is 24.7 Å². The van der Waals surface area contributed by atoms with Gasteiger partial charge in [0.25, 0.3) is 0 Å². The standard InChI is InChI=1S/C16H23BN2O4/c1-13(2)14(3,4)23-17(22-13)11-6-18-19(7-11)16-8-15(9-16,10-16)12(20)21-5/h6-7H,8-10H2,1-5H3. The number of carbonyl (C=O) groups excluding carboxylic acids is 1. The molecule has 124 valence electrons. The van der Waals surface area contributed by atoms with Crippen LogP contribution in [-0.4, -0.2) is 41.2 Å². The Hall–Kier alpha value is -1.34. The van der Waals surface area contributed by atoms with E-state index in [-0.39, 0.29) is 28.1 Å². The molecule has 7 heteroatoms. The van der Waals surface area contributed by atoms with Gasteiger partial charge in [-0.1, -0.05) is 0 Å². The molecule has 4 aliphatic rings. The number of rotatable bonds is 3. The molecule has 3 saturated carbocycles. The molecule has 0 amide bonds. The predicted octanol–water partition coefficient (Wildman–Crippen LogP) is 1.23. The van der Waals surface area contributed by atoms with Crippen molar-refractivity contribution in [2.24, 2.45) is 5.41 Å². The molecule has 0 aromatic carbocycles. The maximum atomic E-state index is 11.8. The van der Waals surface area contributed by atoms with E-state index < -0.39 is 7.12 Å². The second-order valence-electron chi connectivity index (χ2n) is 8.33. The maximum absolute atomic E-state index is 11.8. The van der Waals surface area contributed by atoms with Crippen LogP contribution in [0.25, 0.3) is 0 Å². The minimum Gasteiger partial charge on any atom is -0.469 e. The van der Waals surface area contributed by atoms with E-state index in [1.165, 1.54) is 7.11 Å². The Morgan fingerprint density at radius 2 is 1.78 bits per heavy atom. The molecule has 1 saturated heterocycles. The SMILES string of the molecule is COC(=O)C12CC(n3cc(B4OC(C)(C)C(C)(C)O4)cn3)(C1)C2. The van der Waals surface area contributed by atoms with Gasteiger partial charge in [-0.2, -0.15) is 5.10 Å². The van der Waals surface area contributed by atoms with Crippen LogP contribution in [0.3, 0.4) is 0 Å². The number of ether oxygens (including phenoxy) is 1. The molecule has 5 rings (SSSR count). The molecule has 0 unspecified atom stereocenters. The third-order valence-corrected chi connectivity index (χ3v) is 6.23. The van der Waals surface area contributed by atoms with Crippen molar-refractivity contribution in [3.63, 3.8) is 0 Å². The van der Waals surface area contributed by atoms with E-state index in [4.69, 9.17) is 14.0 Å². The van der Waals surface area contributed by atoms with Gasteiger partial charge in [0, 0.05) is 17.9 Å². The number of hydrogen-bond donors (Lipinski definition) is 0. The Morgan fingerprint density at radius 1 is 1.22 bits per heavy atom. The van der Waals surface area contributed by atoms with Crippen LogP contribution in [0.2, 0.25) is 0 Å². The Balaban J connectivity index is 1.49. The zero-order chi connectivity index (χ0) is 16.7. The lowest BCUT2D eigenvalue weighted by Gasteiger charge is -2.67. The van der Waals surface area contributed by atoms with Gasteiger partial charge in [0.1, 0.15) is 0 Å². The van der Waals surface area contributed by atoms with Crippen LogP contribution in [0, 0.1) is 5.41 Å². The van der Waals surface area contributed by atoms with E-state index >= 15 is 0 Å². The van der Waals surface area contributed by atoms with Crippen LogP contribution in [-0.2, 0) is 24.4 Å². The number of hydrogen-bond acceptors (Lipinski definition) is 5. The van der Waals surface area contributed by atoms with Gasteiger partial charge in [0.05, 0.1) is 29.3 Å². The van der Waals surface area contributed by atoms with Gasteiger partial charge in [-0.25, -0.2) is 0 Å². The van der Waals surface area contributed by atoms with Gasteiger partial charge in [0.15, 0.2) is 0 Å². The number of aromatic nitrogens is 2. The van der Waals surface area contributed by atoms with Crippen molar-refractivity contribution in [1.82, 2.24) is 9.78 Å². The highest BCUT2D eigenvalue weighted by Crippen LogP contribution is 2.71. The molecule has 0 radical (unpaired) electrons. The molecule has 2 heterocycles. The van der Waals surface area contributed by atoms with Gasteiger partial charge in [0.2, 0.25) is 0 Å². The van der Waals surface area contributed by atoms with Crippen LogP contribution >= 0.6 is 0 Å². The zero-order valence-electron chi connectivity index (χ0n) is 14.4. The number of methoxy groups -OCH3 is 1. The number of nitrogens with zero attached hydrogens (tertiary/aromatic N) is 2. The Labute approximate surface area is 136 Å². The molecule has 2 bridgehead atoms. The monoisotopic (exact) mass is 318 g/mol. The predicted molar refractivity (Wildman–Crippen MR) is 84.2 cm³/mol. The maximum Gasteiger partial charge on any atom is 0.498 e. The zero-order valence-corrected chi connectivity index (χ0v) is 14.4. The molecular weight excluding hydrogens is 295 g/mol. The van der Waals surface area contributed by atoms with Crippen LogP contribution in [0.1, 0.15) is 47.0 Å². The van der Waals surface area contributed by atoms with Gasteiger partial charge in [-0.05, 0) is 47.0 Å². The fourth-order valence-electron chi connectivity index (χ4n) is 4.11. The van der Waals surface area contributed by atoms with Gasteiger partial charge >= 0.3 is 13.1 Å². The highest BCUT2D eigenvalue weighted by atomic mass is 16.7. The summed E-state index contributed by atoms with van der Waals surface area (Å²) in [5, 5.41) is 4.51. The quantitative estimate of drug-likeness (QED) is 0.620. The van der Waals surface area contributed by atoms with Gasteiger partial charge in [-0.15, -0.1) is 0 Å². The largest absolute Gasteiger partial charge is 0.498 e. The topological polar surface area (TPSA) is 62.6 Å². The van der Waals surface area contributed by atoms with E-state index in [2.05, 4.69) is 5.10 Å². The normalized spacial score (nSPS) is 36.3. The second kappa shape index (κ2) is 4.19. The lowest BCUT2D eigenvalue weighted by Crippen LogP contribution is -2.71. The summed E-state index contributed by atoms with van der Waals surface area (Å²) in [6.45, 7) is 8.16. The first-order valence-electron chi connectivity index (χ1n) is 8.12. The van der Waals surface area contributed by atoms with Crippen molar-refractivity contribution >= 4 is 18.6 Å². The Bertz CT molecular complexity index is 646. The first-order chi connectivity index (χ1) is 10.6. The fourth-order valence-corrected chi connectivity index (χ4v) is 4.11. The smallest absolute Gasteiger partial charge is 0.469 e. The molecule has 0 spiro atoms. The minimum atomic E-state index is -0.393. The summed E-state index contributed by atoms with van der Waals surface area (Å²) in [4.78, 5) is 11.8. The average molecular weight is 318 g/mol. The molecule has 3 aliphatic carbocycles. The number of carbonyl (C=O) groups is 1. The highest BCUT2D eigenvalue weighted by Gasteiger charge is 2.74. The van der Waals surface area contributed by atoms with Gasteiger partial charge < -0.3 is 14.0 Å². The average Bonchev–Trinajstić information content (AvgIpc) is 2.90. The molecule has 0 atom stereocenters. The highest BCUT2D eigenvalue weighted by molar-refractivity contribution is 6.62. The molecule has 1 aliphatic heterocycles. The van der Waals surface area contributed by atoms with Crippen molar-refractivity contribution in [3.05, 3.63) is 12.4 Å². The summed E-state index contributed by atoms with van der Waals surface area (Å²) >= 11 is 0. The van der Waals surface area contributed by atoms with E-state index in [1.807, 2.05) is 44.8 Å². The summed E-state index contributed by atoms with van der Waals surface area (Å²) < 4.78 is 19.0. The van der Waals surface area contributed by atoms with Crippen molar-refractivity contribution in [2.45, 2.75) is 63.7 Å². The lowest BCUT2D eigenvalue weighted by molar-refractivity contribution is -0.219. The molecule has 23 heavy (non-hydrogen) atoms. The Morgan fingerprint density at radius 3 is 2.30 bits per heavy atom. The summed E-state index contributed by atoms with van der Waals surface area (Å²) in [6.07, 6.45) is 6.27. The van der Waals surface area contributed by atoms with Crippen molar-refractivity contribution in [3.8, 4) is 0 Å². The Kier molecular flexibility index (Phi) is 2.77. The summed E-state index contributed by atoms with van der Waals surface area (Å²) in [5.41, 5.74) is -0.0577. The van der Waals surface area contributed by atoms with Crippen LogP contribution in [0.4, 0.5) is 0 Å². The molecule has 4 fully saturated rings. The third-order valence-electron chi connectivity index (χ3n) is 6.23. The molecule has 1 aromatic heterocycles. The van der Waals surface area contributed by atoms with E-state index in [0.29, 0.717) is 0 Å². The summed E-state index contributed by atoms with van der Waals surface area (Å²) in [6, 6.07) is 0. The van der Waals surface area contributed by atoms with E-state index in [1.54, 1.807) is 0 Å². The third kappa shape index (κ3) is 1.83. The lowest BCUT2D eigenvalue weighted by atomic mass is 9.39. The minimum absolute atomic E-state index is 0.0178. The summed E-state index contributed by atoms with van der Waals surface area (Å²) in [7, 11) is 1.07. The first kappa shape index (κ1) is 15.2. The molecule has 6 nitrogen and oxygen atoms in total. The van der Waals surface area contributed by atoms with Crippen LogP contribution in [0.15, 0.2) is 12.4 Å². The van der Waals surface area contributed by atoms with Gasteiger partial charge in [-0.3, -0.25) is 9.48 Å². The fraction of sp³-hybridized carbons (Fsp3) is 0.750. The van der Waals surface area contributed by atoms with E-state index in [9.17, 15) is 4.79 Å². The first-order valence-corrected chi connectivity index (χ1v) is 8.12. The molecular formula is C16H23BN2O4. The van der Waals surface area contributed by atoms with Crippen LogP contribution in [0.5, 0.6) is 0 Å². The second-order valence-corrected chi connectivity index (χ2v) is 8.33. The molecule has 0 N–H and O–H groups in total. The number of esters is 1. The van der Waals surface area contributed by atoms with Crippen molar-refractivity contribution in [1.29, 1.82) is 0 Å². The molecule has 1 aromatic rings.